The van der Waals surface area contributed by atoms with Crippen LogP contribution < -0.4 is 11.1 Å². The number of hydrogen-bond donors (Lipinski definition) is 2. The summed E-state index contributed by atoms with van der Waals surface area (Å²) in [6.07, 6.45) is -2.93. The van der Waals surface area contributed by atoms with E-state index in [0.717, 1.165) is 23.9 Å². The van der Waals surface area contributed by atoms with Crippen LogP contribution in [0.1, 0.15) is 6.42 Å². The van der Waals surface area contributed by atoms with Gasteiger partial charge in [-0.05, 0) is 18.2 Å². The second-order valence-electron chi connectivity index (χ2n) is 4.19. The van der Waals surface area contributed by atoms with E-state index < -0.39 is 30.0 Å². The van der Waals surface area contributed by atoms with E-state index in [1.807, 2.05) is 0 Å². The quantitative estimate of drug-likeness (QED) is 0.701. The standard InChI is InChI=1S/C13H17F3N2O2S.ClH/c1-20-9(6-17)5-13(19)18-10-4-8(14)2-3-11(10)21-7-12(15)16;/h2-4,9,12H,5-7,17H2,1H3,(H,18,19);1H. The number of nitrogens with one attached hydrogen (secondary N) is 1. The van der Waals surface area contributed by atoms with Crippen molar-refractivity contribution in [3.05, 3.63) is 24.0 Å². The Hall–Kier alpha value is -0.960. The van der Waals surface area contributed by atoms with Crippen molar-refractivity contribution in [3.63, 3.8) is 0 Å². The summed E-state index contributed by atoms with van der Waals surface area (Å²) in [5.74, 6) is -1.41. The highest BCUT2D eigenvalue weighted by Crippen LogP contribution is 2.29. The predicted octanol–water partition coefficient (Wildman–Crippen LogP) is 2.91. The van der Waals surface area contributed by atoms with Crippen molar-refractivity contribution in [2.45, 2.75) is 23.8 Å². The van der Waals surface area contributed by atoms with Crippen molar-refractivity contribution in [2.75, 3.05) is 24.7 Å². The summed E-state index contributed by atoms with van der Waals surface area (Å²) in [5, 5.41) is 2.49. The van der Waals surface area contributed by atoms with Crippen molar-refractivity contribution >= 4 is 35.8 Å². The molecular formula is C13H18ClF3N2O2S. The van der Waals surface area contributed by atoms with Gasteiger partial charge in [0.25, 0.3) is 0 Å². The summed E-state index contributed by atoms with van der Waals surface area (Å²) in [6, 6.07) is 3.60. The van der Waals surface area contributed by atoms with Crippen LogP contribution in [-0.4, -0.2) is 37.8 Å². The first-order valence-electron chi connectivity index (χ1n) is 6.19. The number of carbonyl (C=O) groups excluding carboxylic acids is 1. The zero-order chi connectivity index (χ0) is 15.8. The highest BCUT2D eigenvalue weighted by molar-refractivity contribution is 7.99. The molecule has 0 aliphatic heterocycles. The summed E-state index contributed by atoms with van der Waals surface area (Å²) in [7, 11) is 1.43. The molecule has 0 aliphatic carbocycles. The molecule has 4 nitrogen and oxygen atoms in total. The lowest BCUT2D eigenvalue weighted by Crippen LogP contribution is -2.28. The Morgan fingerprint density at radius 3 is 2.68 bits per heavy atom. The van der Waals surface area contributed by atoms with E-state index in [1.165, 1.54) is 13.2 Å². The zero-order valence-electron chi connectivity index (χ0n) is 11.9. The van der Waals surface area contributed by atoms with Crippen molar-refractivity contribution in [1.82, 2.24) is 0 Å². The molecule has 0 fully saturated rings. The Balaban J connectivity index is 0.00000441. The fourth-order valence-corrected chi connectivity index (χ4v) is 2.28. The maximum Gasteiger partial charge on any atom is 0.247 e. The number of methoxy groups -OCH3 is 1. The summed E-state index contributed by atoms with van der Waals surface area (Å²) < 4.78 is 42.7. The maximum absolute atomic E-state index is 13.2. The lowest BCUT2D eigenvalue weighted by Gasteiger charge is -2.14. The monoisotopic (exact) mass is 358 g/mol. The molecule has 0 aromatic heterocycles. The molecule has 0 saturated heterocycles. The second-order valence-corrected chi connectivity index (χ2v) is 5.25. The van der Waals surface area contributed by atoms with Crippen LogP contribution >= 0.6 is 24.2 Å². The van der Waals surface area contributed by atoms with Gasteiger partial charge in [-0.15, -0.1) is 24.2 Å². The molecule has 0 saturated carbocycles. The van der Waals surface area contributed by atoms with E-state index in [4.69, 9.17) is 10.5 Å². The molecule has 1 amide bonds. The first-order chi connectivity index (χ1) is 9.96. The van der Waals surface area contributed by atoms with Gasteiger partial charge in [-0.3, -0.25) is 4.79 Å². The highest BCUT2D eigenvalue weighted by atomic mass is 35.5. The van der Waals surface area contributed by atoms with E-state index in [-0.39, 0.29) is 31.1 Å². The summed E-state index contributed by atoms with van der Waals surface area (Å²) in [6.45, 7) is 0.167. The van der Waals surface area contributed by atoms with Gasteiger partial charge >= 0.3 is 0 Å². The second kappa shape index (κ2) is 10.7. The molecule has 1 rings (SSSR count). The van der Waals surface area contributed by atoms with Gasteiger partial charge in [0.15, 0.2) is 0 Å². The third-order valence-corrected chi connectivity index (χ3v) is 3.68. The molecule has 3 N–H and O–H groups in total. The molecule has 0 aliphatic rings. The van der Waals surface area contributed by atoms with Gasteiger partial charge in [-0.25, -0.2) is 13.2 Å². The predicted molar refractivity (Wildman–Crippen MR) is 83.5 cm³/mol. The number of ether oxygens (including phenoxy) is 1. The van der Waals surface area contributed by atoms with Gasteiger partial charge in [0, 0.05) is 18.6 Å². The first-order valence-corrected chi connectivity index (χ1v) is 7.18. The molecule has 1 aromatic carbocycles. The highest BCUT2D eigenvalue weighted by Gasteiger charge is 2.15. The van der Waals surface area contributed by atoms with Crippen molar-refractivity contribution in [3.8, 4) is 0 Å². The number of anilines is 1. The van der Waals surface area contributed by atoms with Crippen LogP contribution in [0.5, 0.6) is 0 Å². The molecule has 22 heavy (non-hydrogen) atoms. The number of halogens is 4. The molecule has 126 valence electrons. The van der Waals surface area contributed by atoms with Crippen LogP contribution in [0.2, 0.25) is 0 Å². The third kappa shape index (κ3) is 7.35. The fourth-order valence-electron chi connectivity index (χ4n) is 1.55. The SMILES string of the molecule is COC(CN)CC(=O)Nc1cc(F)ccc1SCC(F)F.Cl. The first kappa shape index (κ1) is 21.0. The Labute approximate surface area is 137 Å². The Morgan fingerprint density at radius 2 is 2.14 bits per heavy atom. The van der Waals surface area contributed by atoms with Crippen LogP contribution in [0.15, 0.2) is 23.1 Å². The molecule has 0 spiro atoms. The van der Waals surface area contributed by atoms with Gasteiger partial charge in [-0.2, -0.15) is 0 Å². The topological polar surface area (TPSA) is 64.3 Å². The molecule has 0 heterocycles. The van der Waals surface area contributed by atoms with Crippen LogP contribution in [0, 0.1) is 5.82 Å². The molecular weight excluding hydrogens is 341 g/mol. The van der Waals surface area contributed by atoms with Crippen molar-refractivity contribution < 1.29 is 22.7 Å². The Morgan fingerprint density at radius 1 is 1.45 bits per heavy atom. The van der Waals surface area contributed by atoms with Gasteiger partial charge in [0.1, 0.15) is 5.82 Å². The molecule has 0 radical (unpaired) electrons. The van der Waals surface area contributed by atoms with Crippen LogP contribution in [0.25, 0.3) is 0 Å². The Kier molecular flexibility index (Phi) is 10.2. The average molecular weight is 359 g/mol. The number of benzene rings is 1. The Bertz CT molecular complexity index is 477. The summed E-state index contributed by atoms with van der Waals surface area (Å²) in [5.41, 5.74) is 5.57. The number of alkyl halides is 2. The van der Waals surface area contributed by atoms with E-state index in [2.05, 4.69) is 5.32 Å². The lowest BCUT2D eigenvalue weighted by atomic mass is 10.2. The molecule has 0 bridgehead atoms. The van der Waals surface area contributed by atoms with E-state index in [0.29, 0.717) is 4.90 Å². The van der Waals surface area contributed by atoms with Crippen LogP contribution in [0.3, 0.4) is 0 Å². The van der Waals surface area contributed by atoms with Gasteiger partial charge in [-0.1, -0.05) is 0 Å². The summed E-state index contributed by atoms with van der Waals surface area (Å²) in [4.78, 5) is 12.2. The van der Waals surface area contributed by atoms with E-state index in [1.54, 1.807) is 0 Å². The largest absolute Gasteiger partial charge is 0.380 e. The number of thioether (sulfide) groups is 1. The van der Waals surface area contributed by atoms with Crippen LogP contribution in [0.4, 0.5) is 18.9 Å². The minimum absolute atomic E-state index is 0. The molecule has 1 aromatic rings. The average Bonchev–Trinajstić information content (AvgIpc) is 2.43. The molecule has 1 atom stereocenters. The fraction of sp³-hybridized carbons (Fsp3) is 0.462. The minimum Gasteiger partial charge on any atom is -0.380 e. The van der Waals surface area contributed by atoms with Gasteiger partial charge < -0.3 is 15.8 Å². The lowest BCUT2D eigenvalue weighted by molar-refractivity contribution is -0.118. The number of rotatable bonds is 8. The smallest absolute Gasteiger partial charge is 0.247 e. The summed E-state index contributed by atoms with van der Waals surface area (Å²) >= 11 is 0.849. The molecule has 9 heteroatoms. The van der Waals surface area contributed by atoms with E-state index >= 15 is 0 Å². The zero-order valence-corrected chi connectivity index (χ0v) is 13.5. The molecule has 1 unspecified atom stereocenters. The number of hydrogen-bond acceptors (Lipinski definition) is 4. The van der Waals surface area contributed by atoms with Gasteiger partial charge in [0.2, 0.25) is 12.3 Å². The van der Waals surface area contributed by atoms with Gasteiger partial charge in [0.05, 0.1) is 24.0 Å². The number of amides is 1. The van der Waals surface area contributed by atoms with Crippen LogP contribution in [-0.2, 0) is 9.53 Å². The number of nitrogens with two attached hydrogens (primary N) is 1. The maximum atomic E-state index is 13.2. The third-order valence-electron chi connectivity index (χ3n) is 2.59. The van der Waals surface area contributed by atoms with Crippen molar-refractivity contribution in [1.29, 1.82) is 0 Å². The normalized spacial score (nSPS) is 11.9. The van der Waals surface area contributed by atoms with E-state index in [9.17, 15) is 18.0 Å². The number of carbonyl (C=O) groups is 1. The minimum atomic E-state index is -2.49. The van der Waals surface area contributed by atoms with Crippen molar-refractivity contribution in [2.24, 2.45) is 5.73 Å².